The van der Waals surface area contributed by atoms with Gasteiger partial charge in [-0.2, -0.15) is 0 Å². The summed E-state index contributed by atoms with van der Waals surface area (Å²) < 4.78 is 1.95. The summed E-state index contributed by atoms with van der Waals surface area (Å²) in [5, 5.41) is 2.38. The molecule has 1 amide bonds. The number of imidazole rings is 1. The van der Waals surface area contributed by atoms with E-state index in [0.29, 0.717) is 18.9 Å². The average molecular weight is 334 g/mol. The highest BCUT2D eigenvalue weighted by atomic mass is 16.2. The van der Waals surface area contributed by atoms with Crippen molar-refractivity contribution in [3.8, 4) is 0 Å². The number of hydrogen-bond acceptors (Lipinski definition) is 3. The summed E-state index contributed by atoms with van der Waals surface area (Å²) in [7, 11) is 0. The third-order valence-corrected chi connectivity index (χ3v) is 4.99. The number of carbonyl (C=O) groups excluding carboxylic acids is 1. The number of hydrogen-bond donors (Lipinski definition) is 0. The summed E-state index contributed by atoms with van der Waals surface area (Å²) in [5.41, 5.74) is 1.10. The lowest BCUT2D eigenvalue weighted by Crippen LogP contribution is -2.39. The number of nitrogens with zero attached hydrogens (tertiary/aromatic N) is 4. The molecule has 0 aliphatic carbocycles. The number of benzene rings is 1. The summed E-state index contributed by atoms with van der Waals surface area (Å²) in [6, 6.07) is 10.5. The zero-order chi connectivity index (χ0) is 17.1. The highest BCUT2D eigenvalue weighted by Crippen LogP contribution is 2.27. The lowest BCUT2D eigenvalue weighted by molar-refractivity contribution is -0.132. The van der Waals surface area contributed by atoms with Crippen LogP contribution < -0.4 is 0 Å². The van der Waals surface area contributed by atoms with Gasteiger partial charge in [-0.15, -0.1) is 0 Å². The Hall–Kier alpha value is -2.69. The second-order valence-corrected chi connectivity index (χ2v) is 6.69. The molecule has 2 aromatic heterocycles. The molecule has 1 saturated heterocycles. The summed E-state index contributed by atoms with van der Waals surface area (Å²) in [4.78, 5) is 23.2. The van der Waals surface area contributed by atoms with Crippen LogP contribution in [0.5, 0.6) is 0 Å². The predicted octanol–water partition coefficient (Wildman–Crippen LogP) is 3.23. The second-order valence-electron chi connectivity index (χ2n) is 6.69. The van der Waals surface area contributed by atoms with E-state index in [-0.39, 0.29) is 5.91 Å². The first-order chi connectivity index (χ1) is 12.3. The molecule has 5 nitrogen and oxygen atoms in total. The van der Waals surface area contributed by atoms with Crippen LogP contribution in [0, 0.1) is 0 Å². The molecule has 1 aliphatic rings. The molecule has 128 valence electrons. The zero-order valence-corrected chi connectivity index (χ0v) is 14.2. The molecule has 1 aliphatic heterocycles. The predicted molar refractivity (Wildman–Crippen MR) is 97.1 cm³/mol. The van der Waals surface area contributed by atoms with Gasteiger partial charge in [-0.3, -0.25) is 9.78 Å². The van der Waals surface area contributed by atoms with Gasteiger partial charge in [0.15, 0.2) is 0 Å². The Kier molecular flexibility index (Phi) is 4.46. The Morgan fingerprint density at radius 1 is 1.24 bits per heavy atom. The number of aryl methyl sites for hydroxylation is 1. The van der Waals surface area contributed by atoms with Gasteiger partial charge in [-0.1, -0.05) is 24.3 Å². The van der Waals surface area contributed by atoms with Gasteiger partial charge in [0.2, 0.25) is 5.91 Å². The molecule has 1 atom stereocenters. The van der Waals surface area contributed by atoms with E-state index in [0.717, 1.165) is 37.0 Å². The fourth-order valence-electron chi connectivity index (χ4n) is 3.57. The van der Waals surface area contributed by atoms with Crippen LogP contribution in [-0.4, -0.2) is 38.4 Å². The number of piperidine rings is 1. The van der Waals surface area contributed by atoms with Gasteiger partial charge in [-0.05, 0) is 24.3 Å². The fourth-order valence-corrected chi connectivity index (χ4v) is 3.57. The number of rotatable bonds is 4. The smallest absolute Gasteiger partial charge is 0.224 e. The maximum atomic E-state index is 12.6. The third-order valence-electron chi connectivity index (χ3n) is 4.99. The molecule has 5 heteroatoms. The molecule has 1 fully saturated rings. The zero-order valence-electron chi connectivity index (χ0n) is 14.2. The summed E-state index contributed by atoms with van der Waals surface area (Å²) in [6.45, 7) is 2.31. The van der Waals surface area contributed by atoms with E-state index in [9.17, 15) is 4.79 Å². The molecular formula is C20H22N4O. The lowest BCUT2D eigenvalue weighted by Gasteiger charge is -2.32. The van der Waals surface area contributed by atoms with Crippen LogP contribution in [0.4, 0.5) is 0 Å². The van der Waals surface area contributed by atoms with Gasteiger partial charge in [0, 0.05) is 61.6 Å². The fraction of sp³-hybridized carbons (Fsp3) is 0.350. The van der Waals surface area contributed by atoms with E-state index in [1.165, 1.54) is 5.39 Å². The van der Waals surface area contributed by atoms with Crippen LogP contribution >= 0.6 is 0 Å². The number of pyridine rings is 1. The largest absolute Gasteiger partial charge is 0.342 e. The van der Waals surface area contributed by atoms with E-state index in [2.05, 4.69) is 34.2 Å². The first-order valence-corrected chi connectivity index (χ1v) is 8.88. The summed E-state index contributed by atoms with van der Waals surface area (Å²) >= 11 is 0. The van der Waals surface area contributed by atoms with E-state index < -0.39 is 0 Å². The van der Waals surface area contributed by atoms with Crippen molar-refractivity contribution in [1.82, 2.24) is 19.4 Å². The van der Waals surface area contributed by atoms with E-state index in [4.69, 9.17) is 0 Å². The highest BCUT2D eigenvalue weighted by Gasteiger charge is 2.25. The molecule has 0 bridgehead atoms. The quantitative estimate of drug-likeness (QED) is 0.736. The molecule has 3 heterocycles. The Morgan fingerprint density at radius 3 is 2.96 bits per heavy atom. The van der Waals surface area contributed by atoms with Crippen LogP contribution in [-0.2, 0) is 11.3 Å². The third kappa shape index (κ3) is 3.55. The van der Waals surface area contributed by atoms with Crippen LogP contribution in [0.25, 0.3) is 10.8 Å². The van der Waals surface area contributed by atoms with Gasteiger partial charge < -0.3 is 9.47 Å². The van der Waals surface area contributed by atoms with Gasteiger partial charge in [0.05, 0.1) is 6.33 Å². The maximum Gasteiger partial charge on any atom is 0.224 e. The number of carbonyl (C=O) groups is 1. The second kappa shape index (κ2) is 7.05. The standard InChI is InChI=1S/C20H22N4O/c25-20(7-10-23-11-8-21-15-23)24-9-3-6-18(14-24)19-12-16-4-1-2-5-17(16)13-22-19/h1-2,4-5,8,11-13,15,18H,3,6-7,9-10,14H2. The van der Waals surface area contributed by atoms with E-state index in [1.807, 2.05) is 27.9 Å². The van der Waals surface area contributed by atoms with Crippen molar-refractivity contribution in [3.05, 3.63) is 60.9 Å². The molecule has 25 heavy (non-hydrogen) atoms. The number of amides is 1. The highest BCUT2D eigenvalue weighted by molar-refractivity contribution is 5.82. The molecule has 0 spiro atoms. The van der Waals surface area contributed by atoms with Crippen LogP contribution in [0.15, 0.2) is 55.2 Å². The minimum absolute atomic E-state index is 0.221. The van der Waals surface area contributed by atoms with Crippen molar-refractivity contribution in [2.24, 2.45) is 0 Å². The monoisotopic (exact) mass is 334 g/mol. The SMILES string of the molecule is O=C(CCn1ccnc1)N1CCCC(c2cc3ccccc3cn2)C1. The van der Waals surface area contributed by atoms with Crippen LogP contribution in [0.1, 0.15) is 30.9 Å². The normalized spacial score (nSPS) is 17.8. The molecular weight excluding hydrogens is 312 g/mol. The Bertz CT molecular complexity index is 859. The first-order valence-electron chi connectivity index (χ1n) is 8.88. The lowest BCUT2D eigenvalue weighted by atomic mass is 9.93. The summed E-state index contributed by atoms with van der Waals surface area (Å²) in [6.07, 6.45) is 9.99. The van der Waals surface area contributed by atoms with Crippen LogP contribution in [0.3, 0.4) is 0 Å². The van der Waals surface area contributed by atoms with Crippen molar-refractivity contribution in [2.45, 2.75) is 31.7 Å². The van der Waals surface area contributed by atoms with Crippen molar-refractivity contribution < 1.29 is 4.79 Å². The van der Waals surface area contributed by atoms with Crippen molar-refractivity contribution in [1.29, 1.82) is 0 Å². The topological polar surface area (TPSA) is 51.0 Å². The molecule has 1 unspecified atom stereocenters. The molecule has 4 rings (SSSR count). The van der Waals surface area contributed by atoms with Gasteiger partial charge >= 0.3 is 0 Å². The average Bonchev–Trinajstić information content (AvgIpc) is 3.19. The minimum Gasteiger partial charge on any atom is -0.342 e. The van der Waals surface area contributed by atoms with Crippen molar-refractivity contribution in [2.75, 3.05) is 13.1 Å². The Labute approximate surface area is 147 Å². The molecule has 0 N–H and O–H groups in total. The van der Waals surface area contributed by atoms with Crippen molar-refractivity contribution in [3.63, 3.8) is 0 Å². The van der Waals surface area contributed by atoms with Crippen molar-refractivity contribution >= 4 is 16.7 Å². The van der Waals surface area contributed by atoms with E-state index >= 15 is 0 Å². The first kappa shape index (κ1) is 15.8. The van der Waals surface area contributed by atoms with Gasteiger partial charge in [0.25, 0.3) is 0 Å². The molecule has 1 aromatic carbocycles. The molecule has 0 radical (unpaired) electrons. The number of aromatic nitrogens is 3. The van der Waals surface area contributed by atoms with Gasteiger partial charge in [0.1, 0.15) is 0 Å². The Balaban J connectivity index is 1.43. The molecule has 0 saturated carbocycles. The maximum absolute atomic E-state index is 12.6. The minimum atomic E-state index is 0.221. The van der Waals surface area contributed by atoms with Crippen LogP contribution in [0.2, 0.25) is 0 Å². The van der Waals surface area contributed by atoms with E-state index in [1.54, 1.807) is 12.5 Å². The summed E-state index contributed by atoms with van der Waals surface area (Å²) in [5.74, 6) is 0.551. The number of fused-ring (bicyclic) bond motifs is 1. The number of likely N-dealkylation sites (tertiary alicyclic amines) is 1. The Morgan fingerprint density at radius 2 is 2.12 bits per heavy atom. The molecule has 3 aromatic rings. The van der Waals surface area contributed by atoms with Gasteiger partial charge in [-0.25, -0.2) is 4.98 Å².